The molecule has 0 aromatic heterocycles. The third kappa shape index (κ3) is 30.1. The molecule has 0 unspecified atom stereocenters. The van der Waals surface area contributed by atoms with Gasteiger partial charge < -0.3 is 30.6 Å². The molecule has 0 amide bonds. The van der Waals surface area contributed by atoms with Gasteiger partial charge in [-0.2, -0.15) is 0 Å². The van der Waals surface area contributed by atoms with E-state index in [1.165, 1.54) is 186 Å². The molecule has 0 aliphatic heterocycles. The average molecular weight is 1160 g/mol. The summed E-state index contributed by atoms with van der Waals surface area (Å²) >= 11 is 0. The second-order valence-corrected chi connectivity index (χ2v) is 22.0. The van der Waals surface area contributed by atoms with Crippen molar-refractivity contribution in [2.24, 2.45) is 9.98 Å². The Balaban J connectivity index is 0.000000801. The molecule has 81 heavy (non-hydrogen) atoms. The predicted octanol–water partition coefficient (Wildman–Crippen LogP) is 19.2. The van der Waals surface area contributed by atoms with Gasteiger partial charge in [-0.3, -0.25) is 9.98 Å². The van der Waals surface area contributed by atoms with Crippen molar-refractivity contribution in [3.63, 3.8) is 0 Å². The van der Waals surface area contributed by atoms with E-state index in [1.807, 2.05) is 13.8 Å². The molecule has 0 aliphatic carbocycles. The zero-order chi connectivity index (χ0) is 58.9. The van der Waals surface area contributed by atoms with E-state index in [2.05, 4.69) is 77.9 Å². The Bertz CT molecular complexity index is 2300. The van der Waals surface area contributed by atoms with Crippen molar-refractivity contribution >= 4 is 34.7 Å². The van der Waals surface area contributed by atoms with Gasteiger partial charge in [0.25, 0.3) is 0 Å². The molecular weight excluding hydrogens is 1060 g/mol. The molecule has 0 heterocycles. The predicted molar refractivity (Wildman–Crippen MR) is 333 cm³/mol. The van der Waals surface area contributed by atoms with Crippen LogP contribution in [-0.4, -0.2) is 43.8 Å². The molecule has 0 saturated carbocycles. The van der Waals surface area contributed by atoms with Crippen LogP contribution in [0.4, 0.5) is 11.4 Å². The van der Waals surface area contributed by atoms with Gasteiger partial charge in [0.1, 0.15) is 11.5 Å². The van der Waals surface area contributed by atoms with Crippen molar-refractivity contribution in [3.05, 3.63) is 105 Å². The van der Waals surface area contributed by atoms with E-state index in [0.717, 1.165) is 88.4 Å². The number of aryl methyl sites for hydroxylation is 6. The number of aromatic hydroxyl groups is 2. The first-order chi connectivity index (χ1) is 38.7. The van der Waals surface area contributed by atoms with Gasteiger partial charge in [-0.1, -0.05) is 207 Å². The Hall–Kier alpha value is -5.15. The van der Waals surface area contributed by atoms with Gasteiger partial charge in [-0.25, -0.2) is 9.59 Å². The smallest absolute Gasteiger partial charge is 0.869 e. The van der Waals surface area contributed by atoms with Gasteiger partial charge >= 0.3 is 28.4 Å². The molecule has 0 fully saturated rings. The summed E-state index contributed by atoms with van der Waals surface area (Å²) in [5, 5.41) is 59.0. The third-order valence-corrected chi connectivity index (χ3v) is 14.7. The van der Waals surface area contributed by atoms with Crippen molar-refractivity contribution < 1.29 is 56.7 Å². The fourth-order valence-electron chi connectivity index (χ4n) is 9.94. The van der Waals surface area contributed by atoms with Crippen LogP contribution in [0.25, 0.3) is 0 Å². The van der Waals surface area contributed by atoms with Gasteiger partial charge in [0.15, 0.2) is 0 Å². The van der Waals surface area contributed by atoms with Gasteiger partial charge in [0, 0.05) is 0 Å². The topological polar surface area (TPSA) is 186 Å². The molecule has 0 atom stereocenters. The zero-order valence-electron chi connectivity index (χ0n) is 51.4. The van der Waals surface area contributed by atoms with Gasteiger partial charge in [-0.05, 0) is 173 Å². The van der Waals surface area contributed by atoms with E-state index in [1.54, 1.807) is 0 Å². The maximum atomic E-state index is 11.4. The second kappa shape index (κ2) is 45.4. The maximum Gasteiger partial charge on any atom is 2.00 e. The fraction of sp³-hybridized carbons (Fsp3) is 0.600. The summed E-state index contributed by atoms with van der Waals surface area (Å²) in [6, 6.07) is 20.0. The number of phenolic OH excluding ortho intramolecular Hbond substituents is 2. The SMILES string of the molecule is CCCCCCCCCCCC(=Nc1cc(CCCC)cc(CCCC)c1)C(CCCCC)=Nc1cc(CCCC)cc(CCCC)c1.CCCCCc1ccc(O)c([O-])c1C(=O)O.CCCCCc1ccc(O)c([O-])c1C(=O)O.[Ni+2]. The molecule has 0 bridgehead atoms. The molecule has 0 spiro atoms. The molecule has 11 heteroatoms. The summed E-state index contributed by atoms with van der Waals surface area (Å²) in [6.07, 6.45) is 39.2. The summed E-state index contributed by atoms with van der Waals surface area (Å²) in [6.45, 7) is 17.9. The van der Waals surface area contributed by atoms with Crippen LogP contribution in [0.5, 0.6) is 23.0 Å². The Morgan fingerprint density at radius 2 is 0.642 bits per heavy atom. The Morgan fingerprint density at radius 1 is 0.370 bits per heavy atom. The van der Waals surface area contributed by atoms with E-state index in [0.29, 0.717) is 24.0 Å². The molecule has 4 rings (SSSR count). The molecule has 4 aromatic rings. The summed E-state index contributed by atoms with van der Waals surface area (Å²) in [5.41, 5.74) is 11.0. The van der Waals surface area contributed by atoms with Crippen LogP contribution < -0.4 is 10.2 Å². The first kappa shape index (κ1) is 73.9. The van der Waals surface area contributed by atoms with E-state index in [-0.39, 0.29) is 27.6 Å². The second-order valence-electron chi connectivity index (χ2n) is 22.0. The van der Waals surface area contributed by atoms with Crippen LogP contribution >= 0.6 is 0 Å². The molecule has 4 N–H and O–H groups in total. The molecule has 0 radical (unpaired) electrons. The van der Waals surface area contributed by atoms with Gasteiger partial charge in [0.05, 0.1) is 33.9 Å². The van der Waals surface area contributed by atoms with Crippen LogP contribution in [0.15, 0.2) is 70.6 Å². The Kier molecular flexibility index (Phi) is 41.4. The maximum absolute atomic E-state index is 11.4. The fourth-order valence-corrected chi connectivity index (χ4v) is 9.94. The quantitative estimate of drug-likeness (QED) is 0.0193. The van der Waals surface area contributed by atoms with Crippen LogP contribution in [-0.2, 0) is 55.0 Å². The van der Waals surface area contributed by atoms with Crippen LogP contribution in [0, 0.1) is 0 Å². The monoisotopic (exact) mass is 1160 g/mol. The molecule has 454 valence electrons. The number of carboxylic acid groups (broad SMARTS) is 2. The number of carboxylic acids is 2. The number of nitrogens with zero attached hydrogens (tertiary/aromatic N) is 2. The summed E-state index contributed by atoms with van der Waals surface area (Å²) in [4.78, 5) is 33.0. The van der Waals surface area contributed by atoms with Gasteiger partial charge in [0.2, 0.25) is 0 Å². The summed E-state index contributed by atoms with van der Waals surface area (Å²) in [5.74, 6) is -5.13. The molecule has 0 aliphatic rings. The normalized spacial score (nSPS) is 11.4. The van der Waals surface area contributed by atoms with Crippen molar-refractivity contribution in [2.45, 2.75) is 274 Å². The number of benzene rings is 4. The number of hydrogen-bond acceptors (Lipinski definition) is 8. The molecular formula is C70H106N2NiO8. The number of carbonyl (C=O) groups is 2. The minimum atomic E-state index is -1.27. The minimum absolute atomic E-state index is 0. The zero-order valence-corrected chi connectivity index (χ0v) is 52.4. The van der Waals surface area contributed by atoms with Crippen LogP contribution in [0.3, 0.4) is 0 Å². The third-order valence-electron chi connectivity index (χ3n) is 14.7. The number of rotatable bonds is 39. The number of unbranched alkanes of at least 4 members (excludes halogenated alkanes) is 18. The number of hydrogen-bond donors (Lipinski definition) is 4. The van der Waals surface area contributed by atoms with Crippen LogP contribution in [0.1, 0.15) is 289 Å². The first-order valence-corrected chi connectivity index (χ1v) is 31.6. The Labute approximate surface area is 500 Å². The van der Waals surface area contributed by atoms with Crippen LogP contribution in [0.2, 0.25) is 0 Å². The molecule has 0 saturated heterocycles. The van der Waals surface area contributed by atoms with Crippen molar-refractivity contribution in [1.29, 1.82) is 0 Å². The average Bonchev–Trinajstić information content (AvgIpc) is 3.44. The number of aliphatic imine (C=N–C) groups is 2. The van der Waals surface area contributed by atoms with Gasteiger partial charge in [-0.15, -0.1) is 0 Å². The van der Waals surface area contributed by atoms with E-state index >= 15 is 0 Å². The largest absolute Gasteiger partial charge is 2.00 e. The Morgan fingerprint density at radius 3 is 0.951 bits per heavy atom. The summed E-state index contributed by atoms with van der Waals surface area (Å²) in [7, 11) is 0. The minimum Gasteiger partial charge on any atom is -0.869 e. The van der Waals surface area contributed by atoms with E-state index in [4.69, 9.17) is 30.4 Å². The van der Waals surface area contributed by atoms with Crippen molar-refractivity contribution in [2.75, 3.05) is 0 Å². The van der Waals surface area contributed by atoms with E-state index < -0.39 is 34.9 Å². The first-order valence-electron chi connectivity index (χ1n) is 31.6. The van der Waals surface area contributed by atoms with Crippen molar-refractivity contribution in [3.8, 4) is 23.0 Å². The van der Waals surface area contributed by atoms with Crippen molar-refractivity contribution in [1.82, 2.24) is 0 Å². The molecule has 10 nitrogen and oxygen atoms in total. The number of phenols is 2. The number of aromatic carboxylic acids is 2. The summed E-state index contributed by atoms with van der Waals surface area (Å²) < 4.78 is 0. The van der Waals surface area contributed by atoms with E-state index in [9.17, 15) is 19.8 Å². The standard InChI is InChI=1S/C46H76N2.2C12H16O4.Ni/c1-7-13-19-20-21-22-23-24-26-32-46(48-44-37-41(29-17-11-5)34-42(38-44)30-18-12-6)45(31-25-14-8-2)47-43-35-39(27-15-9-3)33-40(36-43)28-16-10-4;2*1-2-3-4-5-8-6-7-9(13)11(14)10(8)12(15)16;/h33-38H,7-32H2,1-6H3;2*6-7,13-14H,2-5H2,1H3,(H,15,16);/q;;;+2/p-2. The molecule has 4 aromatic carbocycles.